The van der Waals surface area contributed by atoms with Gasteiger partial charge in [0, 0.05) is 11.1 Å². The van der Waals surface area contributed by atoms with Gasteiger partial charge in [0.1, 0.15) is 0 Å². The molecule has 0 aliphatic rings. The van der Waals surface area contributed by atoms with Gasteiger partial charge in [0.05, 0.1) is 0 Å². The van der Waals surface area contributed by atoms with Crippen LogP contribution in [-0.2, 0) is 4.79 Å². The van der Waals surface area contributed by atoms with Crippen LogP contribution in [0.15, 0.2) is 73.2 Å². The van der Waals surface area contributed by atoms with E-state index < -0.39 is 5.78 Å². The van der Waals surface area contributed by atoms with Crippen molar-refractivity contribution < 1.29 is 15.0 Å². The van der Waals surface area contributed by atoms with Crippen molar-refractivity contribution in [1.29, 1.82) is 0 Å². The number of carbonyl (C=O) groups excluding carboxylic acids is 1. The summed E-state index contributed by atoms with van der Waals surface area (Å²) in [5.74, 6) is -0.563. The van der Waals surface area contributed by atoms with Crippen LogP contribution in [-0.4, -0.2) is 5.78 Å². The van der Waals surface area contributed by atoms with Crippen LogP contribution in [0.2, 0.25) is 0 Å². The number of hydrogen-bond donors (Lipinski definition) is 0. The summed E-state index contributed by atoms with van der Waals surface area (Å²) in [7, 11) is 0. The fourth-order valence-corrected chi connectivity index (χ4v) is 1.89. The van der Waals surface area contributed by atoms with E-state index in [1.54, 1.807) is 60.7 Å². The number of carbonyl (C=O) groups is 1. The Bertz CT molecular complexity index is 583. The summed E-state index contributed by atoms with van der Waals surface area (Å²) in [6, 6.07) is 17.2. The van der Waals surface area contributed by atoms with E-state index in [0.717, 1.165) is 0 Å². The normalized spacial score (nSPS) is 12.2. The molecule has 3 heteroatoms. The van der Waals surface area contributed by atoms with E-state index in [4.69, 9.17) is 0 Å². The first-order valence-corrected chi connectivity index (χ1v) is 6.07. The lowest BCUT2D eigenvalue weighted by Gasteiger charge is -2.14. The van der Waals surface area contributed by atoms with E-state index in [0.29, 0.717) is 23.7 Å². The average molecular weight is 264 g/mol. The molecule has 2 aromatic rings. The Hall–Kier alpha value is -2.81. The molecule has 0 saturated carbocycles. The van der Waals surface area contributed by atoms with Crippen LogP contribution in [0.5, 0.6) is 0 Å². The van der Waals surface area contributed by atoms with Crippen LogP contribution >= 0.6 is 0 Å². The molecule has 0 spiro atoms. The highest BCUT2D eigenvalue weighted by Crippen LogP contribution is 2.23. The number of ketones is 1. The standard InChI is InChI=1S/C17H14O3/c18-11-15(13-7-3-1-4-8-13)17(20)16(12-19)14-9-5-2-6-10-14/h1-12,18-19H/p-2/b15-11-,16-12+. The molecule has 0 bridgehead atoms. The lowest BCUT2D eigenvalue weighted by atomic mass is 9.94. The molecular formula is C17H12O3-2. The third-order valence-corrected chi connectivity index (χ3v) is 2.89. The highest BCUT2D eigenvalue weighted by atomic mass is 16.2. The van der Waals surface area contributed by atoms with E-state index in [2.05, 4.69) is 0 Å². The first kappa shape index (κ1) is 13.6. The lowest BCUT2D eigenvalue weighted by Crippen LogP contribution is -2.10. The summed E-state index contributed by atoms with van der Waals surface area (Å²) >= 11 is 0. The lowest BCUT2D eigenvalue weighted by molar-refractivity contribution is -0.273. The SMILES string of the molecule is O=C(/C(=C\[O-])c1ccccc1)/C(=C/[O-])c1ccccc1. The molecule has 0 atom stereocenters. The zero-order chi connectivity index (χ0) is 14.4. The quantitative estimate of drug-likeness (QED) is 0.618. The van der Waals surface area contributed by atoms with Gasteiger partial charge in [-0.3, -0.25) is 4.79 Å². The molecule has 0 N–H and O–H groups in total. The van der Waals surface area contributed by atoms with E-state index in [9.17, 15) is 15.0 Å². The molecule has 0 aromatic heterocycles. The molecule has 0 saturated heterocycles. The molecule has 100 valence electrons. The summed E-state index contributed by atoms with van der Waals surface area (Å²) in [6.07, 6.45) is 0.980. The second-order valence-electron chi connectivity index (χ2n) is 4.12. The van der Waals surface area contributed by atoms with Crippen LogP contribution in [0.4, 0.5) is 0 Å². The molecule has 0 radical (unpaired) electrons. The van der Waals surface area contributed by atoms with Crippen molar-refractivity contribution in [2.75, 3.05) is 0 Å². The van der Waals surface area contributed by atoms with Gasteiger partial charge in [-0.1, -0.05) is 60.7 Å². The van der Waals surface area contributed by atoms with E-state index in [1.165, 1.54) is 0 Å². The van der Waals surface area contributed by atoms with Gasteiger partial charge in [0.25, 0.3) is 0 Å². The van der Waals surface area contributed by atoms with E-state index in [-0.39, 0.29) is 11.1 Å². The molecule has 0 aliphatic heterocycles. The number of rotatable bonds is 4. The first-order chi connectivity index (χ1) is 9.77. The average Bonchev–Trinajstić information content (AvgIpc) is 2.51. The third-order valence-electron chi connectivity index (χ3n) is 2.89. The molecule has 2 rings (SSSR count). The Morgan fingerprint density at radius 1 is 0.700 bits per heavy atom. The Balaban J connectivity index is 2.39. The largest absolute Gasteiger partial charge is 0.877 e. The molecule has 20 heavy (non-hydrogen) atoms. The van der Waals surface area contributed by atoms with Crippen molar-refractivity contribution in [2.45, 2.75) is 0 Å². The number of allylic oxidation sites excluding steroid dienone is 2. The second kappa shape index (κ2) is 6.38. The summed E-state index contributed by atoms with van der Waals surface area (Å²) in [6.45, 7) is 0. The fraction of sp³-hybridized carbons (Fsp3) is 0. The van der Waals surface area contributed by atoms with Crippen molar-refractivity contribution in [2.24, 2.45) is 0 Å². The van der Waals surface area contributed by atoms with Crippen molar-refractivity contribution in [3.05, 3.63) is 84.3 Å². The second-order valence-corrected chi connectivity index (χ2v) is 4.12. The molecule has 2 aromatic carbocycles. The summed E-state index contributed by atoms with van der Waals surface area (Å²) < 4.78 is 0. The van der Waals surface area contributed by atoms with Crippen LogP contribution in [0.1, 0.15) is 11.1 Å². The molecular weight excluding hydrogens is 252 g/mol. The fourth-order valence-electron chi connectivity index (χ4n) is 1.89. The van der Waals surface area contributed by atoms with Gasteiger partial charge in [-0.2, -0.15) is 0 Å². The molecule has 3 nitrogen and oxygen atoms in total. The monoisotopic (exact) mass is 264 g/mol. The van der Waals surface area contributed by atoms with E-state index in [1.807, 2.05) is 0 Å². The first-order valence-electron chi connectivity index (χ1n) is 6.07. The maximum Gasteiger partial charge on any atom is 0.191 e. The molecule has 0 heterocycles. The predicted molar refractivity (Wildman–Crippen MR) is 73.8 cm³/mol. The molecule has 0 unspecified atom stereocenters. The Morgan fingerprint density at radius 3 is 1.35 bits per heavy atom. The Morgan fingerprint density at radius 2 is 1.05 bits per heavy atom. The van der Waals surface area contributed by atoms with Crippen molar-refractivity contribution >= 4 is 16.9 Å². The van der Waals surface area contributed by atoms with Crippen LogP contribution in [0, 0.1) is 0 Å². The zero-order valence-electron chi connectivity index (χ0n) is 10.7. The van der Waals surface area contributed by atoms with Crippen molar-refractivity contribution in [3.8, 4) is 0 Å². The minimum atomic E-state index is -0.563. The topological polar surface area (TPSA) is 63.2 Å². The minimum Gasteiger partial charge on any atom is -0.877 e. The maximum atomic E-state index is 12.4. The Kier molecular flexibility index (Phi) is 4.35. The smallest absolute Gasteiger partial charge is 0.191 e. The van der Waals surface area contributed by atoms with Gasteiger partial charge >= 0.3 is 0 Å². The summed E-state index contributed by atoms with van der Waals surface area (Å²) in [5, 5.41) is 22.4. The van der Waals surface area contributed by atoms with Gasteiger partial charge in [-0.25, -0.2) is 0 Å². The van der Waals surface area contributed by atoms with Gasteiger partial charge in [0.15, 0.2) is 5.78 Å². The highest BCUT2D eigenvalue weighted by Gasteiger charge is 2.15. The van der Waals surface area contributed by atoms with Gasteiger partial charge in [0.2, 0.25) is 0 Å². The van der Waals surface area contributed by atoms with Crippen molar-refractivity contribution in [3.63, 3.8) is 0 Å². The van der Waals surface area contributed by atoms with Gasteiger partial charge in [-0.15, -0.1) is 12.5 Å². The highest BCUT2D eigenvalue weighted by molar-refractivity contribution is 6.41. The summed E-state index contributed by atoms with van der Waals surface area (Å²) in [4.78, 5) is 12.4. The molecule has 0 fully saturated rings. The minimum absolute atomic E-state index is 0.0171. The maximum absolute atomic E-state index is 12.4. The number of benzene rings is 2. The molecule has 0 amide bonds. The zero-order valence-corrected chi connectivity index (χ0v) is 10.7. The van der Waals surface area contributed by atoms with Crippen LogP contribution in [0.25, 0.3) is 11.1 Å². The third kappa shape index (κ3) is 2.78. The van der Waals surface area contributed by atoms with Crippen LogP contribution < -0.4 is 10.2 Å². The van der Waals surface area contributed by atoms with Crippen molar-refractivity contribution in [1.82, 2.24) is 0 Å². The van der Waals surface area contributed by atoms with Gasteiger partial charge in [-0.05, 0) is 11.1 Å². The van der Waals surface area contributed by atoms with Crippen LogP contribution in [0.3, 0.4) is 0 Å². The van der Waals surface area contributed by atoms with Gasteiger partial charge < -0.3 is 10.2 Å². The predicted octanol–water partition coefficient (Wildman–Crippen LogP) is 1.36. The van der Waals surface area contributed by atoms with E-state index >= 15 is 0 Å². The Labute approximate surface area is 117 Å². The number of Topliss-reactive ketones (excluding diaryl/α,β-unsaturated/α-hetero) is 1. The summed E-state index contributed by atoms with van der Waals surface area (Å²) in [5.41, 5.74) is 0.971. The number of hydrogen-bond acceptors (Lipinski definition) is 3. The molecule has 0 aliphatic carbocycles.